The summed E-state index contributed by atoms with van der Waals surface area (Å²) in [5, 5.41) is 19.1. The highest BCUT2D eigenvalue weighted by Gasteiger charge is 2.29. The minimum absolute atomic E-state index is 0.428. The van der Waals surface area contributed by atoms with Crippen molar-refractivity contribution in [3.63, 3.8) is 0 Å². The molecule has 0 aliphatic rings. The number of aliphatic hydroxyl groups is 2. The zero-order valence-corrected chi connectivity index (χ0v) is 14.1. The van der Waals surface area contributed by atoms with Gasteiger partial charge >= 0.3 is 6.41 Å². The molecule has 3 nitrogen and oxygen atoms in total. The van der Waals surface area contributed by atoms with Gasteiger partial charge in [-0.15, -0.1) is 0 Å². The molecule has 0 aromatic carbocycles. The molecule has 0 aliphatic heterocycles. The molecule has 0 unspecified atom stereocenters. The Bertz CT molecular complexity index is 203. The molecule has 0 radical (unpaired) electrons. The van der Waals surface area contributed by atoms with Crippen LogP contribution in [0.3, 0.4) is 0 Å². The van der Waals surface area contributed by atoms with E-state index >= 15 is 0 Å². The van der Waals surface area contributed by atoms with E-state index in [2.05, 4.69) is 6.92 Å². The molecule has 0 saturated carbocycles. The molecule has 0 rings (SSSR count). The van der Waals surface area contributed by atoms with Crippen molar-refractivity contribution in [2.45, 2.75) is 91.4 Å². The van der Waals surface area contributed by atoms with E-state index in [1.807, 2.05) is 13.8 Å². The van der Waals surface area contributed by atoms with Gasteiger partial charge in [-0.05, 0) is 26.7 Å². The Morgan fingerprint density at radius 2 is 1.05 bits per heavy atom. The van der Waals surface area contributed by atoms with E-state index in [4.69, 9.17) is 0 Å². The predicted molar refractivity (Wildman–Crippen MR) is 86.3 cm³/mol. The summed E-state index contributed by atoms with van der Waals surface area (Å²) in [6.45, 7) is 8.82. The summed E-state index contributed by atoms with van der Waals surface area (Å²) in [4.78, 5) is 0. The Hall–Kier alpha value is -0.120. The lowest BCUT2D eigenvalue weighted by Gasteiger charge is -2.37. The molecule has 0 saturated heterocycles. The molecular formula is C17H38NO2+. The molecule has 0 aromatic heterocycles. The van der Waals surface area contributed by atoms with E-state index < -0.39 is 6.41 Å². The van der Waals surface area contributed by atoms with Crippen molar-refractivity contribution >= 4 is 0 Å². The summed E-state index contributed by atoms with van der Waals surface area (Å²) in [6.07, 6.45) is 12.0. The zero-order valence-electron chi connectivity index (χ0n) is 14.1. The quantitative estimate of drug-likeness (QED) is 0.288. The first kappa shape index (κ1) is 19.9. The van der Waals surface area contributed by atoms with Crippen molar-refractivity contribution in [3.05, 3.63) is 0 Å². The summed E-state index contributed by atoms with van der Waals surface area (Å²) < 4.78 is 0.428. The second-order valence-corrected chi connectivity index (χ2v) is 6.10. The Labute approximate surface area is 126 Å². The van der Waals surface area contributed by atoms with Crippen molar-refractivity contribution in [3.8, 4) is 0 Å². The molecule has 2 N–H and O–H groups in total. The highest BCUT2D eigenvalue weighted by Crippen LogP contribution is 2.15. The van der Waals surface area contributed by atoms with Crippen LogP contribution in [0.25, 0.3) is 0 Å². The summed E-state index contributed by atoms with van der Waals surface area (Å²) >= 11 is 0. The normalized spacial score (nSPS) is 12.3. The second kappa shape index (κ2) is 12.6. The van der Waals surface area contributed by atoms with Crippen LogP contribution in [0.2, 0.25) is 0 Å². The summed E-state index contributed by atoms with van der Waals surface area (Å²) in [5.74, 6) is 0. The maximum absolute atomic E-state index is 9.53. The topological polar surface area (TPSA) is 40.5 Å². The third-order valence-electron chi connectivity index (χ3n) is 4.71. The number of quaternary nitrogens is 1. The number of nitrogens with zero attached hydrogens (tertiary/aromatic N) is 1. The van der Waals surface area contributed by atoms with E-state index in [0.717, 1.165) is 26.1 Å². The molecule has 0 fully saturated rings. The third kappa shape index (κ3) is 8.23. The van der Waals surface area contributed by atoms with Gasteiger partial charge < -0.3 is 10.2 Å². The van der Waals surface area contributed by atoms with E-state index in [9.17, 15) is 10.2 Å². The fourth-order valence-corrected chi connectivity index (χ4v) is 2.90. The van der Waals surface area contributed by atoms with Crippen LogP contribution in [0.15, 0.2) is 0 Å². The molecule has 0 spiro atoms. The molecule has 0 aromatic rings. The number of hydrogen-bond donors (Lipinski definition) is 2. The summed E-state index contributed by atoms with van der Waals surface area (Å²) in [5.41, 5.74) is 0. The molecule has 0 aliphatic carbocycles. The minimum Gasteiger partial charge on any atom is -0.322 e. The van der Waals surface area contributed by atoms with Crippen LogP contribution in [-0.4, -0.2) is 40.7 Å². The average molecular weight is 288 g/mol. The van der Waals surface area contributed by atoms with Crippen LogP contribution in [0.5, 0.6) is 0 Å². The Kier molecular flexibility index (Phi) is 12.5. The number of aliphatic hydroxyl groups excluding tert-OH is 1. The first-order valence-corrected chi connectivity index (χ1v) is 8.84. The number of unbranched alkanes of at least 4 members (excludes halogenated alkanes) is 9. The van der Waals surface area contributed by atoms with Crippen molar-refractivity contribution in [1.29, 1.82) is 0 Å². The van der Waals surface area contributed by atoms with Crippen molar-refractivity contribution < 1.29 is 14.7 Å². The number of rotatable bonds is 14. The maximum Gasteiger partial charge on any atom is 0.303 e. The van der Waals surface area contributed by atoms with Gasteiger partial charge in [0.1, 0.15) is 0 Å². The van der Waals surface area contributed by atoms with Crippen LogP contribution < -0.4 is 0 Å². The van der Waals surface area contributed by atoms with Gasteiger partial charge in [0.25, 0.3) is 0 Å². The first-order chi connectivity index (χ1) is 9.63. The van der Waals surface area contributed by atoms with Gasteiger partial charge in [0.05, 0.1) is 19.6 Å². The van der Waals surface area contributed by atoms with Gasteiger partial charge in [-0.1, -0.05) is 58.3 Å². The van der Waals surface area contributed by atoms with Gasteiger partial charge in [0, 0.05) is 0 Å². The lowest BCUT2D eigenvalue weighted by atomic mass is 10.1. The smallest absolute Gasteiger partial charge is 0.303 e. The predicted octanol–water partition coefficient (Wildman–Crippen LogP) is 4.03. The van der Waals surface area contributed by atoms with Crippen molar-refractivity contribution in [1.82, 2.24) is 0 Å². The molecular weight excluding hydrogens is 250 g/mol. The zero-order chi connectivity index (χ0) is 15.3. The van der Waals surface area contributed by atoms with Gasteiger partial charge in [0.15, 0.2) is 0 Å². The van der Waals surface area contributed by atoms with E-state index in [1.54, 1.807) is 0 Å². The second-order valence-electron chi connectivity index (χ2n) is 6.10. The van der Waals surface area contributed by atoms with Crippen LogP contribution in [0.1, 0.15) is 85.0 Å². The molecule has 122 valence electrons. The minimum atomic E-state index is -1.22. The van der Waals surface area contributed by atoms with Crippen LogP contribution >= 0.6 is 0 Å². The van der Waals surface area contributed by atoms with Crippen LogP contribution in [0, 0.1) is 0 Å². The highest BCUT2D eigenvalue weighted by atomic mass is 16.5. The van der Waals surface area contributed by atoms with Crippen molar-refractivity contribution in [2.24, 2.45) is 0 Å². The van der Waals surface area contributed by atoms with Gasteiger partial charge in [-0.2, -0.15) is 0 Å². The van der Waals surface area contributed by atoms with E-state index in [0.29, 0.717) is 4.48 Å². The fourth-order valence-electron chi connectivity index (χ4n) is 2.90. The third-order valence-corrected chi connectivity index (χ3v) is 4.71. The Morgan fingerprint density at radius 3 is 1.40 bits per heavy atom. The summed E-state index contributed by atoms with van der Waals surface area (Å²) in [6, 6.07) is 0. The standard InChI is InChI=1S/C17H38NO2/c1-4-7-8-9-10-11-12-13-14-15-16-18(5-2,6-3)17(19)20/h17,19-20H,4-16H2,1-3H3/q+1. The van der Waals surface area contributed by atoms with Crippen LogP contribution in [-0.2, 0) is 0 Å². The van der Waals surface area contributed by atoms with E-state index in [1.165, 1.54) is 57.8 Å². The van der Waals surface area contributed by atoms with E-state index in [-0.39, 0.29) is 0 Å². The average Bonchev–Trinajstić information content (AvgIpc) is 2.45. The van der Waals surface area contributed by atoms with Gasteiger partial charge in [-0.25, -0.2) is 0 Å². The van der Waals surface area contributed by atoms with Crippen molar-refractivity contribution in [2.75, 3.05) is 19.6 Å². The molecule has 0 amide bonds. The monoisotopic (exact) mass is 288 g/mol. The number of hydrogen-bond acceptors (Lipinski definition) is 2. The van der Waals surface area contributed by atoms with Gasteiger partial charge in [-0.3, -0.25) is 4.48 Å². The fraction of sp³-hybridized carbons (Fsp3) is 1.00. The molecule has 0 heterocycles. The molecule has 3 heteroatoms. The van der Waals surface area contributed by atoms with Crippen LogP contribution in [0.4, 0.5) is 0 Å². The Balaban J connectivity index is 3.51. The molecule has 0 bridgehead atoms. The Morgan fingerprint density at radius 1 is 0.650 bits per heavy atom. The largest absolute Gasteiger partial charge is 0.322 e. The lowest BCUT2D eigenvalue weighted by molar-refractivity contribution is -0.990. The van der Waals surface area contributed by atoms with Gasteiger partial charge in [0.2, 0.25) is 0 Å². The highest BCUT2D eigenvalue weighted by molar-refractivity contribution is 4.48. The first-order valence-electron chi connectivity index (χ1n) is 8.84. The molecule has 20 heavy (non-hydrogen) atoms. The molecule has 0 atom stereocenters. The maximum atomic E-state index is 9.53. The summed E-state index contributed by atoms with van der Waals surface area (Å²) in [7, 11) is 0. The lowest BCUT2D eigenvalue weighted by Crippen LogP contribution is -2.55. The SMILES string of the molecule is CCCCCCCCCCCC[N+](CC)(CC)C(O)O.